The quantitative estimate of drug-likeness (QED) is 0.731. The molecule has 0 aromatic heterocycles. The summed E-state index contributed by atoms with van der Waals surface area (Å²) in [7, 11) is 0. The van der Waals surface area contributed by atoms with E-state index in [1.807, 2.05) is 18.2 Å². The Balaban J connectivity index is 2.71. The van der Waals surface area contributed by atoms with Crippen molar-refractivity contribution in [1.29, 1.82) is 0 Å². The van der Waals surface area contributed by atoms with Crippen LogP contribution in [0.4, 0.5) is 0 Å². The lowest BCUT2D eigenvalue weighted by atomic mass is 9.85. The number of hydrogen-bond donors (Lipinski definition) is 1. The van der Waals surface area contributed by atoms with Gasteiger partial charge in [0, 0.05) is 0 Å². The van der Waals surface area contributed by atoms with Crippen molar-refractivity contribution in [2.45, 2.75) is 26.4 Å². The van der Waals surface area contributed by atoms with Crippen molar-refractivity contribution in [3.8, 4) is 0 Å². The molecule has 0 aliphatic rings. The molecule has 0 amide bonds. The zero-order valence-electron chi connectivity index (χ0n) is 9.56. The van der Waals surface area contributed by atoms with Crippen LogP contribution >= 0.6 is 0 Å². The molecule has 2 atom stereocenters. The average Bonchev–Trinajstić information content (AvgIpc) is 2.26. The van der Waals surface area contributed by atoms with Crippen molar-refractivity contribution in [2.24, 2.45) is 11.8 Å². The summed E-state index contributed by atoms with van der Waals surface area (Å²) in [6.07, 6.45) is 2.13. The van der Waals surface area contributed by atoms with Gasteiger partial charge in [-0.15, -0.1) is 6.58 Å². The molecule has 1 heteroatoms. The Hall–Kier alpha value is -1.08. The van der Waals surface area contributed by atoms with Crippen LogP contribution in [0.2, 0.25) is 0 Å². The standard InChI is InChI=1S/C14H20O/c1-4-14(15)13(11(2)3)10-12-8-6-5-7-9-12/h4-9,11,13-15H,1,10H2,2-3H3/t13-,14-/m0/s1. The van der Waals surface area contributed by atoms with Crippen molar-refractivity contribution >= 4 is 0 Å². The molecular weight excluding hydrogens is 184 g/mol. The third-order valence-corrected chi connectivity index (χ3v) is 2.85. The maximum Gasteiger partial charge on any atom is 0.0752 e. The SMILES string of the molecule is C=C[C@H](O)[C@@H](Cc1ccccc1)C(C)C. The summed E-state index contributed by atoms with van der Waals surface area (Å²) in [4.78, 5) is 0. The maximum atomic E-state index is 9.83. The van der Waals surface area contributed by atoms with E-state index in [2.05, 4.69) is 32.6 Å². The molecule has 0 aliphatic carbocycles. The van der Waals surface area contributed by atoms with E-state index in [0.717, 1.165) is 6.42 Å². The first-order valence-electron chi connectivity index (χ1n) is 5.49. The lowest BCUT2D eigenvalue weighted by molar-refractivity contribution is 0.122. The van der Waals surface area contributed by atoms with Gasteiger partial charge in [-0.1, -0.05) is 50.3 Å². The molecule has 0 bridgehead atoms. The molecule has 1 nitrogen and oxygen atoms in total. The zero-order valence-corrected chi connectivity index (χ0v) is 9.56. The van der Waals surface area contributed by atoms with Gasteiger partial charge in [0.25, 0.3) is 0 Å². The van der Waals surface area contributed by atoms with Crippen LogP contribution in [0.15, 0.2) is 43.0 Å². The van der Waals surface area contributed by atoms with Crippen LogP contribution in [0.5, 0.6) is 0 Å². The van der Waals surface area contributed by atoms with E-state index in [4.69, 9.17) is 0 Å². The first-order chi connectivity index (χ1) is 7.15. The molecule has 15 heavy (non-hydrogen) atoms. The molecule has 1 aromatic carbocycles. The molecule has 0 heterocycles. The first-order valence-corrected chi connectivity index (χ1v) is 5.49. The Labute approximate surface area is 92.5 Å². The van der Waals surface area contributed by atoms with E-state index >= 15 is 0 Å². The molecule has 82 valence electrons. The smallest absolute Gasteiger partial charge is 0.0752 e. The molecule has 1 N–H and O–H groups in total. The monoisotopic (exact) mass is 204 g/mol. The number of hydrogen-bond acceptors (Lipinski definition) is 1. The molecule has 0 saturated carbocycles. The van der Waals surface area contributed by atoms with Gasteiger partial charge < -0.3 is 5.11 Å². The normalized spacial score (nSPS) is 14.9. The van der Waals surface area contributed by atoms with Crippen molar-refractivity contribution in [1.82, 2.24) is 0 Å². The summed E-state index contributed by atoms with van der Waals surface area (Å²) >= 11 is 0. The van der Waals surface area contributed by atoms with Gasteiger partial charge in [0.05, 0.1) is 6.10 Å². The van der Waals surface area contributed by atoms with Gasteiger partial charge in [-0.2, -0.15) is 0 Å². The Kier molecular flexibility index (Phi) is 4.57. The first kappa shape index (κ1) is 12.0. The van der Waals surface area contributed by atoms with Crippen molar-refractivity contribution in [2.75, 3.05) is 0 Å². The van der Waals surface area contributed by atoms with Crippen LogP contribution in [0, 0.1) is 11.8 Å². The second kappa shape index (κ2) is 5.72. The lowest BCUT2D eigenvalue weighted by Gasteiger charge is -2.24. The van der Waals surface area contributed by atoms with Crippen LogP contribution < -0.4 is 0 Å². The summed E-state index contributed by atoms with van der Waals surface area (Å²) in [6.45, 7) is 7.93. The highest BCUT2D eigenvalue weighted by atomic mass is 16.3. The van der Waals surface area contributed by atoms with Crippen molar-refractivity contribution in [3.05, 3.63) is 48.6 Å². The number of benzene rings is 1. The molecule has 0 aliphatic heterocycles. The zero-order chi connectivity index (χ0) is 11.3. The molecule has 0 saturated heterocycles. The molecule has 0 unspecified atom stereocenters. The summed E-state index contributed by atoms with van der Waals surface area (Å²) in [5, 5.41) is 9.83. The van der Waals surface area contributed by atoms with Gasteiger partial charge in [0.2, 0.25) is 0 Å². The van der Waals surface area contributed by atoms with Crippen LogP contribution in [0.1, 0.15) is 19.4 Å². The second-order valence-corrected chi connectivity index (χ2v) is 4.32. The fourth-order valence-electron chi connectivity index (χ4n) is 1.81. The fraction of sp³-hybridized carbons (Fsp3) is 0.429. The number of aliphatic hydroxyl groups is 1. The average molecular weight is 204 g/mol. The van der Waals surface area contributed by atoms with Crippen LogP contribution in [-0.2, 0) is 6.42 Å². The fourth-order valence-corrected chi connectivity index (χ4v) is 1.81. The van der Waals surface area contributed by atoms with E-state index in [9.17, 15) is 5.11 Å². The van der Waals surface area contributed by atoms with Gasteiger partial charge >= 0.3 is 0 Å². The highest BCUT2D eigenvalue weighted by Gasteiger charge is 2.20. The highest BCUT2D eigenvalue weighted by molar-refractivity contribution is 5.16. The topological polar surface area (TPSA) is 20.2 Å². The predicted molar refractivity (Wildman–Crippen MR) is 64.7 cm³/mol. The summed E-state index contributed by atoms with van der Waals surface area (Å²) in [6, 6.07) is 10.3. The van der Waals surface area contributed by atoms with Gasteiger partial charge in [-0.05, 0) is 23.8 Å². The molecule has 1 aromatic rings. The summed E-state index contributed by atoms with van der Waals surface area (Å²) in [5.74, 6) is 0.711. The van der Waals surface area contributed by atoms with Crippen LogP contribution in [0.3, 0.4) is 0 Å². The maximum absolute atomic E-state index is 9.83. The van der Waals surface area contributed by atoms with Gasteiger partial charge in [0.15, 0.2) is 0 Å². The Morgan fingerprint density at radius 2 is 1.87 bits per heavy atom. The largest absolute Gasteiger partial charge is 0.389 e. The molecular formula is C14H20O. The van der Waals surface area contributed by atoms with Gasteiger partial charge in [-0.25, -0.2) is 0 Å². The van der Waals surface area contributed by atoms with E-state index in [1.54, 1.807) is 6.08 Å². The van der Waals surface area contributed by atoms with Crippen molar-refractivity contribution < 1.29 is 5.11 Å². The minimum absolute atomic E-state index is 0.255. The van der Waals surface area contributed by atoms with E-state index < -0.39 is 6.10 Å². The van der Waals surface area contributed by atoms with Crippen LogP contribution in [-0.4, -0.2) is 11.2 Å². The molecule has 0 radical (unpaired) electrons. The van der Waals surface area contributed by atoms with Gasteiger partial charge in [-0.3, -0.25) is 0 Å². The van der Waals surface area contributed by atoms with Crippen LogP contribution in [0.25, 0.3) is 0 Å². The lowest BCUT2D eigenvalue weighted by Crippen LogP contribution is -2.25. The minimum Gasteiger partial charge on any atom is -0.389 e. The molecule has 0 spiro atoms. The van der Waals surface area contributed by atoms with Crippen molar-refractivity contribution in [3.63, 3.8) is 0 Å². The molecule has 1 rings (SSSR count). The minimum atomic E-state index is -0.412. The predicted octanol–water partition coefficient (Wildman–Crippen LogP) is 3.05. The van der Waals surface area contributed by atoms with E-state index in [1.165, 1.54) is 5.56 Å². The van der Waals surface area contributed by atoms with Gasteiger partial charge in [0.1, 0.15) is 0 Å². The second-order valence-electron chi connectivity index (χ2n) is 4.32. The third kappa shape index (κ3) is 3.52. The highest BCUT2D eigenvalue weighted by Crippen LogP contribution is 2.21. The number of aliphatic hydroxyl groups excluding tert-OH is 1. The molecule has 0 fully saturated rings. The Morgan fingerprint density at radius 3 is 2.33 bits per heavy atom. The number of rotatable bonds is 5. The summed E-state index contributed by atoms with van der Waals surface area (Å²) < 4.78 is 0. The van der Waals surface area contributed by atoms with E-state index in [0.29, 0.717) is 5.92 Å². The van der Waals surface area contributed by atoms with E-state index in [-0.39, 0.29) is 5.92 Å². The Bertz CT molecular complexity index is 289. The third-order valence-electron chi connectivity index (χ3n) is 2.85. The Morgan fingerprint density at radius 1 is 1.27 bits per heavy atom. The summed E-state index contributed by atoms with van der Waals surface area (Å²) in [5.41, 5.74) is 1.28.